The van der Waals surface area contributed by atoms with E-state index < -0.39 is 10.0 Å². The molecule has 0 N–H and O–H groups in total. The monoisotopic (exact) mass is 346 g/mol. The molecule has 7 heteroatoms. The van der Waals surface area contributed by atoms with Gasteiger partial charge in [0.1, 0.15) is 4.90 Å². The van der Waals surface area contributed by atoms with Crippen LogP contribution < -0.4 is 0 Å². The molecule has 21 heavy (non-hydrogen) atoms. The van der Waals surface area contributed by atoms with E-state index in [0.29, 0.717) is 22.9 Å². The van der Waals surface area contributed by atoms with Crippen molar-refractivity contribution in [1.29, 1.82) is 0 Å². The van der Waals surface area contributed by atoms with Crippen LogP contribution in [-0.4, -0.2) is 51.9 Å². The summed E-state index contributed by atoms with van der Waals surface area (Å²) in [7, 11) is 1.93. The van der Waals surface area contributed by atoms with Crippen LogP contribution in [0.3, 0.4) is 0 Å². The predicted octanol–water partition coefficient (Wildman–Crippen LogP) is 2.82. The van der Waals surface area contributed by atoms with Gasteiger partial charge in [0.2, 0.25) is 10.0 Å². The Morgan fingerprint density at radius 1 is 1.14 bits per heavy atom. The van der Waals surface area contributed by atoms with Crippen LogP contribution in [0.2, 0.25) is 0 Å². The number of hydrogen-bond donors (Lipinski definition) is 0. The number of alkyl halides is 1. The Hall–Kier alpha value is -0.660. The zero-order chi connectivity index (χ0) is 15.6. The average molecular weight is 347 g/mol. The summed E-state index contributed by atoms with van der Waals surface area (Å²) in [4.78, 5) is 3.02. The summed E-state index contributed by atoms with van der Waals surface area (Å²) in [5, 5.41) is 0.759. The molecule has 0 spiro atoms. The summed E-state index contributed by atoms with van der Waals surface area (Å²) in [6.45, 7) is 1.12. The fourth-order valence-corrected chi connectivity index (χ4v) is 5.34. The molecule has 1 aromatic heterocycles. The van der Waals surface area contributed by atoms with Crippen molar-refractivity contribution in [2.24, 2.45) is 0 Å². The maximum absolute atomic E-state index is 12.9. The third-order valence-electron chi connectivity index (χ3n) is 3.27. The summed E-state index contributed by atoms with van der Waals surface area (Å²) in [5.41, 5.74) is 0. The van der Waals surface area contributed by atoms with Gasteiger partial charge in [-0.3, -0.25) is 0 Å². The Morgan fingerprint density at radius 3 is 2.43 bits per heavy atom. The van der Waals surface area contributed by atoms with Crippen molar-refractivity contribution in [3.8, 4) is 0 Å². The van der Waals surface area contributed by atoms with Crippen molar-refractivity contribution in [2.45, 2.75) is 10.8 Å². The molecular weight excluding hydrogens is 328 g/mol. The van der Waals surface area contributed by atoms with Crippen molar-refractivity contribution in [3.05, 3.63) is 29.1 Å². The van der Waals surface area contributed by atoms with Crippen molar-refractivity contribution in [1.82, 2.24) is 9.21 Å². The molecular formula is C14H19ClN2O2S2. The van der Waals surface area contributed by atoms with E-state index >= 15 is 0 Å². The van der Waals surface area contributed by atoms with Crippen LogP contribution in [0.4, 0.5) is 0 Å². The third kappa shape index (κ3) is 3.40. The second-order valence-electron chi connectivity index (χ2n) is 5.11. The molecule has 0 aliphatic rings. The first kappa shape index (κ1) is 16.7. The van der Waals surface area contributed by atoms with Crippen molar-refractivity contribution >= 4 is 43.0 Å². The summed E-state index contributed by atoms with van der Waals surface area (Å²) in [6.07, 6.45) is 0. The minimum Gasteiger partial charge on any atom is -0.308 e. The number of hydrogen-bond acceptors (Lipinski definition) is 4. The molecule has 1 heterocycles. The largest absolute Gasteiger partial charge is 0.308 e. The fraction of sp³-hybridized carbons (Fsp3) is 0.429. The number of likely N-dealkylation sites (N-methyl/N-ethyl adjacent to an activating group) is 2. The number of rotatable bonds is 6. The van der Waals surface area contributed by atoms with Crippen LogP contribution >= 0.6 is 22.9 Å². The Labute approximate surface area is 135 Å². The molecule has 4 nitrogen and oxygen atoms in total. The quantitative estimate of drug-likeness (QED) is 0.755. The average Bonchev–Trinajstić information content (AvgIpc) is 2.83. The molecule has 0 aliphatic heterocycles. The molecule has 0 amide bonds. The second kappa shape index (κ2) is 6.62. The zero-order valence-corrected chi connectivity index (χ0v) is 14.7. The number of fused-ring (bicyclic) bond motifs is 1. The SMILES string of the molecule is CN(C)CCN(C)S(=O)(=O)c1c(CCl)sc2ccccc12. The van der Waals surface area contributed by atoms with E-state index in [1.807, 2.05) is 43.3 Å². The van der Waals surface area contributed by atoms with Gasteiger partial charge in [0, 0.05) is 35.1 Å². The minimum absolute atomic E-state index is 0.204. The molecule has 0 saturated heterocycles. The summed E-state index contributed by atoms with van der Waals surface area (Å²) in [6, 6.07) is 7.53. The number of halogens is 1. The van der Waals surface area contributed by atoms with Crippen LogP contribution in [0.25, 0.3) is 10.1 Å². The fourth-order valence-electron chi connectivity index (χ4n) is 2.06. The van der Waals surface area contributed by atoms with Gasteiger partial charge in [-0.15, -0.1) is 22.9 Å². The molecule has 0 atom stereocenters. The highest BCUT2D eigenvalue weighted by Gasteiger charge is 2.27. The summed E-state index contributed by atoms with van der Waals surface area (Å²) >= 11 is 7.41. The highest BCUT2D eigenvalue weighted by atomic mass is 35.5. The summed E-state index contributed by atoms with van der Waals surface area (Å²) in [5.74, 6) is 0.204. The first-order valence-corrected chi connectivity index (χ1v) is 9.34. The van der Waals surface area contributed by atoms with Crippen LogP contribution in [0.5, 0.6) is 0 Å². The van der Waals surface area contributed by atoms with Gasteiger partial charge in [0.05, 0.1) is 5.88 Å². The van der Waals surface area contributed by atoms with Gasteiger partial charge >= 0.3 is 0 Å². The standard InChI is InChI=1S/C14H19ClN2O2S2/c1-16(2)8-9-17(3)21(18,19)14-11-6-4-5-7-12(11)20-13(14)10-15/h4-7H,8-10H2,1-3H3. The van der Waals surface area contributed by atoms with E-state index in [2.05, 4.69) is 0 Å². The minimum atomic E-state index is -3.53. The highest BCUT2D eigenvalue weighted by Crippen LogP contribution is 2.36. The molecule has 1 aromatic carbocycles. The lowest BCUT2D eigenvalue weighted by atomic mass is 10.2. The van der Waals surface area contributed by atoms with Gasteiger partial charge in [-0.2, -0.15) is 4.31 Å². The normalized spacial score (nSPS) is 12.7. The van der Waals surface area contributed by atoms with Gasteiger partial charge in [-0.25, -0.2) is 8.42 Å². The first-order valence-electron chi connectivity index (χ1n) is 6.55. The molecule has 2 aromatic rings. The second-order valence-corrected chi connectivity index (χ2v) is 8.50. The molecule has 116 valence electrons. The van der Waals surface area contributed by atoms with Crippen LogP contribution in [0.1, 0.15) is 4.88 Å². The van der Waals surface area contributed by atoms with Gasteiger partial charge in [-0.05, 0) is 20.2 Å². The highest BCUT2D eigenvalue weighted by molar-refractivity contribution is 7.89. The molecule has 0 fully saturated rings. The smallest absolute Gasteiger partial charge is 0.244 e. The Balaban J connectivity index is 2.48. The van der Waals surface area contributed by atoms with Gasteiger partial charge in [0.25, 0.3) is 0 Å². The molecule has 0 bridgehead atoms. The van der Waals surface area contributed by atoms with Crippen molar-refractivity contribution < 1.29 is 8.42 Å². The summed E-state index contributed by atoms with van der Waals surface area (Å²) < 4.78 is 28.1. The Kier molecular flexibility index (Phi) is 5.27. The van der Waals surface area contributed by atoms with Gasteiger partial charge < -0.3 is 4.90 Å². The maximum atomic E-state index is 12.9. The number of benzene rings is 1. The molecule has 0 unspecified atom stereocenters. The lowest BCUT2D eigenvalue weighted by Gasteiger charge is -2.19. The topological polar surface area (TPSA) is 40.6 Å². The van der Waals surface area contributed by atoms with Gasteiger partial charge in [0.15, 0.2) is 0 Å². The molecule has 0 aliphatic carbocycles. The van der Waals surface area contributed by atoms with E-state index in [0.717, 1.165) is 10.1 Å². The van der Waals surface area contributed by atoms with Crippen LogP contribution in [-0.2, 0) is 15.9 Å². The number of thiophene rings is 1. The van der Waals surface area contributed by atoms with E-state index in [4.69, 9.17) is 11.6 Å². The van der Waals surface area contributed by atoms with Gasteiger partial charge in [-0.1, -0.05) is 18.2 Å². The zero-order valence-electron chi connectivity index (χ0n) is 12.3. The Morgan fingerprint density at radius 2 is 1.81 bits per heavy atom. The van der Waals surface area contributed by atoms with E-state index in [-0.39, 0.29) is 5.88 Å². The lowest BCUT2D eigenvalue weighted by molar-refractivity contribution is 0.358. The Bertz CT molecular complexity index is 726. The molecule has 0 saturated carbocycles. The third-order valence-corrected chi connectivity index (χ3v) is 6.98. The van der Waals surface area contributed by atoms with E-state index in [1.165, 1.54) is 15.6 Å². The van der Waals surface area contributed by atoms with Crippen LogP contribution in [0.15, 0.2) is 29.2 Å². The van der Waals surface area contributed by atoms with Crippen molar-refractivity contribution in [2.75, 3.05) is 34.2 Å². The van der Waals surface area contributed by atoms with E-state index in [1.54, 1.807) is 7.05 Å². The number of sulfonamides is 1. The molecule has 0 radical (unpaired) electrons. The number of nitrogens with zero attached hydrogens (tertiary/aromatic N) is 2. The lowest BCUT2D eigenvalue weighted by Crippen LogP contribution is -2.33. The van der Waals surface area contributed by atoms with Crippen LogP contribution in [0, 0.1) is 0 Å². The van der Waals surface area contributed by atoms with E-state index in [9.17, 15) is 8.42 Å². The maximum Gasteiger partial charge on any atom is 0.244 e. The first-order chi connectivity index (χ1) is 9.87. The van der Waals surface area contributed by atoms with Crippen molar-refractivity contribution in [3.63, 3.8) is 0 Å². The molecule has 2 rings (SSSR count). The predicted molar refractivity (Wildman–Crippen MR) is 89.8 cm³/mol.